The molecule has 4 aromatic heterocycles. The molecular weight excluding hydrogens is 308 g/mol. The molecule has 0 saturated heterocycles. The molecule has 0 amide bonds. The minimum absolute atomic E-state index is 0.114. The quantitative estimate of drug-likeness (QED) is 0.612. The van der Waals surface area contributed by atoms with Crippen molar-refractivity contribution in [1.29, 1.82) is 0 Å². The second-order valence-corrected chi connectivity index (χ2v) is 5.83. The number of nitrogens with zero attached hydrogens (tertiary/aromatic N) is 5. The largest absolute Gasteiger partial charge is 0.367 e. The van der Waals surface area contributed by atoms with Crippen molar-refractivity contribution < 1.29 is 0 Å². The van der Waals surface area contributed by atoms with E-state index in [2.05, 4.69) is 42.2 Å². The van der Waals surface area contributed by atoms with Gasteiger partial charge in [-0.1, -0.05) is 0 Å². The third-order valence-corrected chi connectivity index (χ3v) is 4.38. The Labute approximate surface area is 136 Å². The van der Waals surface area contributed by atoms with Gasteiger partial charge >= 0.3 is 0 Å². The molecule has 0 radical (unpaired) electrons. The molecular formula is C16H14N6S. The Morgan fingerprint density at radius 1 is 1.22 bits per heavy atom. The van der Waals surface area contributed by atoms with E-state index in [1.807, 2.05) is 23.0 Å². The van der Waals surface area contributed by atoms with Crippen molar-refractivity contribution in [3.05, 3.63) is 65.6 Å². The summed E-state index contributed by atoms with van der Waals surface area (Å²) in [5.74, 6) is 0.810. The van der Waals surface area contributed by atoms with Gasteiger partial charge in [-0.15, -0.1) is 0 Å². The number of nitrogens with one attached hydrogen (secondary N) is 1. The van der Waals surface area contributed by atoms with Crippen LogP contribution >= 0.6 is 11.3 Å². The Morgan fingerprint density at radius 3 is 3.04 bits per heavy atom. The average Bonchev–Trinajstić information content (AvgIpc) is 3.29. The van der Waals surface area contributed by atoms with Crippen LogP contribution in [0.5, 0.6) is 0 Å². The van der Waals surface area contributed by atoms with E-state index in [1.165, 1.54) is 5.56 Å². The maximum absolute atomic E-state index is 4.39. The van der Waals surface area contributed by atoms with E-state index in [9.17, 15) is 0 Å². The minimum atomic E-state index is 0.114. The highest BCUT2D eigenvalue weighted by atomic mass is 32.1. The fourth-order valence-electron chi connectivity index (χ4n) is 2.54. The number of hydrogen-bond acceptors (Lipinski definition) is 6. The Kier molecular flexibility index (Phi) is 3.69. The summed E-state index contributed by atoms with van der Waals surface area (Å²) in [4.78, 5) is 12.7. The first kappa shape index (κ1) is 13.8. The fourth-order valence-corrected chi connectivity index (χ4v) is 3.24. The van der Waals surface area contributed by atoms with Crippen LogP contribution < -0.4 is 5.32 Å². The van der Waals surface area contributed by atoms with Crippen molar-refractivity contribution in [3.63, 3.8) is 0 Å². The molecule has 6 nitrogen and oxygen atoms in total. The predicted molar refractivity (Wildman–Crippen MR) is 90.5 cm³/mol. The van der Waals surface area contributed by atoms with E-state index in [1.54, 1.807) is 36.3 Å². The monoisotopic (exact) mass is 322 g/mol. The van der Waals surface area contributed by atoms with Gasteiger partial charge in [-0.25, -0.2) is 9.97 Å². The third-order valence-electron chi connectivity index (χ3n) is 3.67. The summed E-state index contributed by atoms with van der Waals surface area (Å²) in [6.45, 7) is 0.687. The average molecular weight is 322 g/mol. The van der Waals surface area contributed by atoms with Crippen LogP contribution in [-0.2, 0) is 0 Å². The molecule has 0 saturated carbocycles. The lowest BCUT2D eigenvalue weighted by Gasteiger charge is -2.18. The molecule has 0 spiro atoms. The summed E-state index contributed by atoms with van der Waals surface area (Å²) in [5.41, 5.74) is 2.06. The number of rotatable bonds is 5. The summed E-state index contributed by atoms with van der Waals surface area (Å²) in [6.07, 6.45) is 8.82. The lowest BCUT2D eigenvalue weighted by atomic mass is 10.1. The van der Waals surface area contributed by atoms with Crippen molar-refractivity contribution in [1.82, 2.24) is 24.7 Å². The van der Waals surface area contributed by atoms with Crippen LogP contribution in [0.25, 0.3) is 10.9 Å². The molecule has 4 aromatic rings. The summed E-state index contributed by atoms with van der Waals surface area (Å²) < 4.78 is 1.96. The molecule has 0 aliphatic heterocycles. The van der Waals surface area contributed by atoms with Crippen LogP contribution in [0.2, 0.25) is 0 Å². The van der Waals surface area contributed by atoms with Crippen LogP contribution in [0.3, 0.4) is 0 Å². The van der Waals surface area contributed by atoms with E-state index in [4.69, 9.17) is 0 Å². The zero-order chi connectivity index (χ0) is 15.5. The topological polar surface area (TPSA) is 68.5 Å². The molecule has 114 valence electrons. The molecule has 4 heterocycles. The van der Waals surface area contributed by atoms with Gasteiger partial charge < -0.3 is 5.32 Å². The van der Waals surface area contributed by atoms with Gasteiger partial charge in [0, 0.05) is 30.5 Å². The number of fused-ring (bicyclic) bond motifs is 1. The zero-order valence-corrected chi connectivity index (χ0v) is 13.0. The van der Waals surface area contributed by atoms with Crippen LogP contribution in [0, 0.1) is 0 Å². The SMILES string of the molecule is c1cnn(C(CNc2ncnc3cnccc23)c2ccsc2)c1. The van der Waals surface area contributed by atoms with Gasteiger partial charge in [-0.3, -0.25) is 9.67 Å². The van der Waals surface area contributed by atoms with E-state index >= 15 is 0 Å². The first-order valence-corrected chi connectivity index (χ1v) is 8.16. The van der Waals surface area contributed by atoms with Crippen LogP contribution in [0.1, 0.15) is 11.6 Å². The van der Waals surface area contributed by atoms with E-state index < -0.39 is 0 Å². The standard InChI is InChI=1S/C16H14N6S/c1-4-21-22(6-1)15(12-3-7-23-10-12)9-18-16-13-2-5-17-8-14(13)19-11-20-16/h1-8,10-11,15H,9H2,(H,18,19,20). The van der Waals surface area contributed by atoms with E-state index in [0.717, 1.165) is 16.7 Å². The maximum atomic E-state index is 4.39. The van der Waals surface area contributed by atoms with Crippen molar-refractivity contribution in [2.75, 3.05) is 11.9 Å². The van der Waals surface area contributed by atoms with E-state index in [-0.39, 0.29) is 6.04 Å². The van der Waals surface area contributed by atoms with Crippen LogP contribution in [-0.4, -0.2) is 31.3 Å². The molecule has 23 heavy (non-hydrogen) atoms. The molecule has 1 atom stereocenters. The van der Waals surface area contributed by atoms with Crippen molar-refractivity contribution in [3.8, 4) is 0 Å². The highest BCUT2D eigenvalue weighted by Gasteiger charge is 2.15. The first-order valence-electron chi connectivity index (χ1n) is 7.21. The van der Waals surface area contributed by atoms with Crippen LogP contribution in [0.15, 0.2) is 60.1 Å². The van der Waals surface area contributed by atoms with Crippen molar-refractivity contribution in [2.24, 2.45) is 0 Å². The van der Waals surface area contributed by atoms with Crippen molar-refractivity contribution in [2.45, 2.75) is 6.04 Å². The lowest BCUT2D eigenvalue weighted by Crippen LogP contribution is -2.20. The van der Waals surface area contributed by atoms with Gasteiger partial charge in [0.25, 0.3) is 0 Å². The second-order valence-electron chi connectivity index (χ2n) is 5.05. The highest BCUT2D eigenvalue weighted by molar-refractivity contribution is 7.07. The normalized spacial score (nSPS) is 12.3. The van der Waals surface area contributed by atoms with Gasteiger partial charge in [0.05, 0.1) is 17.8 Å². The molecule has 4 rings (SSSR count). The van der Waals surface area contributed by atoms with E-state index in [0.29, 0.717) is 6.54 Å². The third kappa shape index (κ3) is 2.78. The van der Waals surface area contributed by atoms with Crippen LogP contribution in [0.4, 0.5) is 5.82 Å². The molecule has 0 aliphatic rings. The molecule has 0 fully saturated rings. The summed E-state index contributed by atoms with van der Waals surface area (Å²) in [7, 11) is 0. The summed E-state index contributed by atoms with van der Waals surface area (Å²) in [6, 6.07) is 6.10. The zero-order valence-electron chi connectivity index (χ0n) is 12.2. The van der Waals surface area contributed by atoms with Gasteiger partial charge in [0.15, 0.2) is 0 Å². The van der Waals surface area contributed by atoms with Gasteiger partial charge in [0.1, 0.15) is 12.1 Å². The number of pyridine rings is 1. The maximum Gasteiger partial charge on any atom is 0.137 e. The van der Waals surface area contributed by atoms with Gasteiger partial charge in [-0.2, -0.15) is 16.4 Å². The highest BCUT2D eigenvalue weighted by Crippen LogP contribution is 2.23. The number of thiophene rings is 1. The molecule has 0 aromatic carbocycles. The number of aromatic nitrogens is 5. The molecule has 0 aliphatic carbocycles. The van der Waals surface area contributed by atoms with Gasteiger partial charge in [-0.05, 0) is 34.5 Å². The number of anilines is 1. The summed E-state index contributed by atoms with van der Waals surface area (Å²) >= 11 is 1.69. The fraction of sp³-hybridized carbons (Fsp3) is 0.125. The summed E-state index contributed by atoms with van der Waals surface area (Å²) in [5, 5.41) is 13.0. The number of hydrogen-bond donors (Lipinski definition) is 1. The predicted octanol–water partition coefficient (Wildman–Crippen LogP) is 2.98. The Hall–Kier alpha value is -2.80. The minimum Gasteiger partial charge on any atom is -0.367 e. The Balaban J connectivity index is 1.63. The second kappa shape index (κ2) is 6.13. The first-order chi connectivity index (χ1) is 11.4. The molecule has 0 bridgehead atoms. The Bertz CT molecular complexity index is 848. The molecule has 1 unspecified atom stereocenters. The molecule has 1 N–H and O–H groups in total. The smallest absolute Gasteiger partial charge is 0.137 e. The Morgan fingerprint density at radius 2 is 2.22 bits per heavy atom. The van der Waals surface area contributed by atoms with Crippen molar-refractivity contribution >= 4 is 28.1 Å². The van der Waals surface area contributed by atoms with Gasteiger partial charge in [0.2, 0.25) is 0 Å². The molecule has 7 heteroatoms. The lowest BCUT2D eigenvalue weighted by molar-refractivity contribution is 0.545.